The number of hydrogen-bond acceptors (Lipinski definition) is 5. The number of halogens is 1. The number of carbonyl (C=O) groups is 1. The van der Waals surface area contributed by atoms with Crippen LogP contribution in [-0.2, 0) is 0 Å². The molecule has 0 spiro atoms. The fraction of sp³-hybridized carbons (Fsp3) is 0.467. The predicted octanol–water partition coefficient (Wildman–Crippen LogP) is 1.39. The largest absolute Gasteiger partial charge is 0.338 e. The highest BCUT2D eigenvalue weighted by Crippen LogP contribution is 2.24. The van der Waals surface area contributed by atoms with E-state index < -0.39 is 0 Å². The van der Waals surface area contributed by atoms with Crippen LogP contribution in [0.4, 0.5) is 0 Å². The van der Waals surface area contributed by atoms with E-state index in [2.05, 4.69) is 20.8 Å². The van der Waals surface area contributed by atoms with E-state index in [0.29, 0.717) is 16.5 Å². The number of nitrogens with zero attached hydrogens (tertiary/aromatic N) is 5. The van der Waals surface area contributed by atoms with Crippen LogP contribution in [-0.4, -0.2) is 57.7 Å². The van der Waals surface area contributed by atoms with Crippen molar-refractivity contribution in [1.82, 2.24) is 30.4 Å². The lowest BCUT2D eigenvalue weighted by atomic mass is 9.97. The molecule has 1 amide bonds. The van der Waals surface area contributed by atoms with Crippen LogP contribution in [0.3, 0.4) is 0 Å². The smallest absolute Gasteiger partial charge is 0.255 e. The van der Waals surface area contributed by atoms with E-state index in [1.807, 2.05) is 11.9 Å². The minimum absolute atomic E-state index is 0.0148. The second kappa shape index (κ2) is 7.06. The highest BCUT2D eigenvalue weighted by atomic mass is 35.5. The predicted molar refractivity (Wildman–Crippen MR) is 86.7 cm³/mol. The molecule has 1 atom stereocenters. The maximum absolute atomic E-state index is 12.7. The van der Waals surface area contributed by atoms with Crippen molar-refractivity contribution >= 4 is 17.5 Å². The summed E-state index contributed by atoms with van der Waals surface area (Å²) in [7, 11) is 1.94. The van der Waals surface area contributed by atoms with Crippen LogP contribution in [0.25, 0.3) is 5.69 Å². The molecule has 1 aliphatic heterocycles. The summed E-state index contributed by atoms with van der Waals surface area (Å²) in [6.07, 6.45) is 3.66. The number of rotatable bonds is 4. The summed E-state index contributed by atoms with van der Waals surface area (Å²) in [5, 5.41) is 14.6. The van der Waals surface area contributed by atoms with E-state index >= 15 is 0 Å². The Balaban J connectivity index is 1.77. The molecule has 23 heavy (non-hydrogen) atoms. The molecule has 7 nitrogen and oxygen atoms in total. The minimum Gasteiger partial charge on any atom is -0.338 e. The lowest BCUT2D eigenvalue weighted by Gasteiger charge is -2.33. The maximum atomic E-state index is 12.7. The van der Waals surface area contributed by atoms with Crippen LogP contribution in [0.5, 0.6) is 0 Å². The van der Waals surface area contributed by atoms with E-state index in [1.165, 1.54) is 11.0 Å². The van der Waals surface area contributed by atoms with Crippen molar-refractivity contribution in [3.63, 3.8) is 0 Å². The monoisotopic (exact) mass is 334 g/mol. The Morgan fingerprint density at radius 2 is 2.35 bits per heavy atom. The molecule has 1 N–H and O–H groups in total. The molecule has 0 radical (unpaired) electrons. The minimum atomic E-state index is -0.0148. The Morgan fingerprint density at radius 3 is 3.04 bits per heavy atom. The van der Waals surface area contributed by atoms with Crippen molar-refractivity contribution in [3.8, 4) is 5.69 Å². The number of aromatic nitrogens is 4. The molecule has 2 heterocycles. The number of piperidine rings is 1. The average molecular weight is 335 g/mol. The third-order valence-electron chi connectivity index (χ3n) is 4.10. The van der Waals surface area contributed by atoms with Gasteiger partial charge in [0.2, 0.25) is 0 Å². The van der Waals surface area contributed by atoms with Gasteiger partial charge < -0.3 is 10.2 Å². The number of hydrogen-bond donors (Lipinski definition) is 1. The fourth-order valence-corrected chi connectivity index (χ4v) is 3.23. The van der Waals surface area contributed by atoms with Crippen molar-refractivity contribution in [2.24, 2.45) is 5.92 Å². The fourth-order valence-electron chi connectivity index (χ4n) is 2.97. The molecule has 0 bridgehead atoms. The van der Waals surface area contributed by atoms with Gasteiger partial charge in [-0.1, -0.05) is 11.6 Å². The van der Waals surface area contributed by atoms with Crippen molar-refractivity contribution < 1.29 is 4.79 Å². The van der Waals surface area contributed by atoms with Gasteiger partial charge in [-0.15, -0.1) is 5.10 Å². The van der Waals surface area contributed by atoms with E-state index in [9.17, 15) is 4.79 Å². The molecule has 1 aromatic heterocycles. The Hall–Kier alpha value is -1.99. The van der Waals surface area contributed by atoms with Crippen molar-refractivity contribution in [1.29, 1.82) is 0 Å². The van der Waals surface area contributed by atoms with Gasteiger partial charge in [-0.25, -0.2) is 4.68 Å². The van der Waals surface area contributed by atoms with Gasteiger partial charge in [0, 0.05) is 13.1 Å². The number of carbonyl (C=O) groups excluding carboxylic acids is 1. The number of amides is 1. The summed E-state index contributed by atoms with van der Waals surface area (Å²) in [5.74, 6) is 0.482. The Kier molecular flexibility index (Phi) is 4.88. The lowest BCUT2D eigenvalue weighted by molar-refractivity contribution is 0.0674. The van der Waals surface area contributed by atoms with Gasteiger partial charge in [0.15, 0.2) is 0 Å². The first-order valence-electron chi connectivity index (χ1n) is 7.66. The first-order valence-corrected chi connectivity index (χ1v) is 8.03. The van der Waals surface area contributed by atoms with Gasteiger partial charge in [-0.05, 0) is 61.0 Å². The molecule has 3 rings (SSSR count). The zero-order chi connectivity index (χ0) is 16.2. The Morgan fingerprint density at radius 1 is 1.48 bits per heavy atom. The zero-order valence-electron chi connectivity index (χ0n) is 12.9. The van der Waals surface area contributed by atoms with Crippen LogP contribution in [0.2, 0.25) is 5.02 Å². The Labute approximate surface area is 139 Å². The highest BCUT2D eigenvalue weighted by molar-refractivity contribution is 6.34. The highest BCUT2D eigenvalue weighted by Gasteiger charge is 2.25. The standard InChI is InChI=1S/C15H19ClN6O/c1-17-8-11-3-2-6-21(9-11)15(23)13-5-4-12(7-14(13)16)22-10-18-19-20-22/h4-5,7,10-11,17H,2-3,6,8-9H2,1H3/t11-/m0/s1. The molecular formula is C15H19ClN6O. The maximum Gasteiger partial charge on any atom is 0.255 e. The second-order valence-corrected chi connectivity index (χ2v) is 6.14. The molecule has 2 aromatic rings. The third kappa shape index (κ3) is 3.51. The second-order valence-electron chi connectivity index (χ2n) is 5.74. The van der Waals surface area contributed by atoms with E-state index in [0.717, 1.165) is 38.2 Å². The number of benzene rings is 1. The van der Waals surface area contributed by atoms with Crippen LogP contribution in [0, 0.1) is 5.92 Å². The molecule has 8 heteroatoms. The van der Waals surface area contributed by atoms with E-state index in [4.69, 9.17) is 11.6 Å². The molecular weight excluding hydrogens is 316 g/mol. The average Bonchev–Trinajstić information content (AvgIpc) is 3.09. The molecule has 1 saturated heterocycles. The molecule has 0 saturated carbocycles. The molecule has 0 aliphatic carbocycles. The summed E-state index contributed by atoms with van der Waals surface area (Å²) >= 11 is 6.32. The third-order valence-corrected chi connectivity index (χ3v) is 4.41. The normalized spacial score (nSPS) is 18.2. The van der Waals surface area contributed by atoms with Crippen LogP contribution < -0.4 is 5.32 Å². The lowest BCUT2D eigenvalue weighted by Crippen LogP contribution is -2.42. The van der Waals surface area contributed by atoms with Crippen molar-refractivity contribution in [2.45, 2.75) is 12.8 Å². The topological polar surface area (TPSA) is 75.9 Å². The summed E-state index contributed by atoms with van der Waals surface area (Å²) < 4.78 is 1.50. The Bertz CT molecular complexity index is 673. The summed E-state index contributed by atoms with van der Waals surface area (Å²) in [6.45, 7) is 2.48. The molecule has 0 unspecified atom stereocenters. The van der Waals surface area contributed by atoms with Gasteiger partial charge in [-0.3, -0.25) is 4.79 Å². The van der Waals surface area contributed by atoms with Gasteiger partial charge in [0.25, 0.3) is 5.91 Å². The van der Waals surface area contributed by atoms with E-state index in [-0.39, 0.29) is 5.91 Å². The summed E-state index contributed by atoms with van der Waals surface area (Å²) in [4.78, 5) is 14.6. The zero-order valence-corrected chi connectivity index (χ0v) is 13.7. The number of likely N-dealkylation sites (tertiary alicyclic amines) is 1. The van der Waals surface area contributed by atoms with Crippen LogP contribution in [0.1, 0.15) is 23.2 Å². The van der Waals surface area contributed by atoms with Crippen molar-refractivity contribution in [2.75, 3.05) is 26.7 Å². The summed E-state index contributed by atoms with van der Waals surface area (Å²) in [6, 6.07) is 5.24. The number of nitrogens with one attached hydrogen (secondary N) is 1. The van der Waals surface area contributed by atoms with Crippen LogP contribution >= 0.6 is 11.6 Å². The van der Waals surface area contributed by atoms with Crippen molar-refractivity contribution in [3.05, 3.63) is 35.1 Å². The van der Waals surface area contributed by atoms with Gasteiger partial charge in [0.05, 0.1) is 16.3 Å². The first-order chi connectivity index (χ1) is 11.2. The molecule has 1 fully saturated rings. The SMILES string of the molecule is CNC[C@@H]1CCCN(C(=O)c2ccc(-n3cnnn3)cc2Cl)C1. The molecule has 1 aromatic carbocycles. The quantitative estimate of drug-likeness (QED) is 0.914. The number of tetrazole rings is 1. The molecule has 1 aliphatic rings. The molecule has 122 valence electrons. The van der Waals surface area contributed by atoms with Gasteiger partial charge >= 0.3 is 0 Å². The van der Waals surface area contributed by atoms with Crippen LogP contribution in [0.15, 0.2) is 24.5 Å². The van der Waals surface area contributed by atoms with Gasteiger partial charge in [-0.2, -0.15) is 0 Å². The van der Waals surface area contributed by atoms with E-state index in [1.54, 1.807) is 18.2 Å². The first kappa shape index (κ1) is 15.9. The van der Waals surface area contributed by atoms with Gasteiger partial charge in [0.1, 0.15) is 6.33 Å². The summed E-state index contributed by atoms with van der Waals surface area (Å²) in [5.41, 5.74) is 1.25.